The smallest absolute Gasteiger partial charge is 0.272 e. The lowest BCUT2D eigenvalue weighted by Crippen LogP contribution is -2.31. The van der Waals surface area contributed by atoms with Crippen molar-refractivity contribution in [3.8, 4) is 11.4 Å². The number of aromatic amines is 2. The number of carbonyl (C=O) groups excluding carboxylic acids is 1. The summed E-state index contributed by atoms with van der Waals surface area (Å²) < 4.78 is 1.99. The minimum Gasteiger partial charge on any atom is -0.349 e. The van der Waals surface area contributed by atoms with Gasteiger partial charge in [-0.1, -0.05) is 6.07 Å². The van der Waals surface area contributed by atoms with E-state index >= 15 is 0 Å². The van der Waals surface area contributed by atoms with Crippen LogP contribution in [-0.2, 0) is 7.05 Å². The van der Waals surface area contributed by atoms with Crippen LogP contribution < -0.4 is 0 Å². The van der Waals surface area contributed by atoms with Gasteiger partial charge in [-0.3, -0.25) is 9.89 Å². The maximum Gasteiger partial charge on any atom is 0.272 e. The van der Waals surface area contributed by atoms with Crippen LogP contribution in [0.1, 0.15) is 40.8 Å². The monoisotopic (exact) mass is 374 g/mol. The van der Waals surface area contributed by atoms with Gasteiger partial charge in [0.05, 0.1) is 22.8 Å². The van der Waals surface area contributed by atoms with Gasteiger partial charge in [0.1, 0.15) is 17.2 Å². The second-order valence-electron chi connectivity index (χ2n) is 7.47. The maximum atomic E-state index is 13.2. The number of carbonyl (C=O) groups is 1. The van der Waals surface area contributed by atoms with E-state index in [2.05, 4.69) is 34.2 Å². The largest absolute Gasteiger partial charge is 0.349 e. The zero-order chi connectivity index (χ0) is 19.3. The number of likely N-dealkylation sites (tertiary alicyclic amines) is 1. The molecular formula is C21H22N6O. The SMILES string of the molecule is Cc1ccc2nc([C@H]3CCCN3C(=O)c3cc(-c4cccn4C)n[nH]3)[nH]c2c1. The van der Waals surface area contributed by atoms with Crippen molar-refractivity contribution in [1.82, 2.24) is 29.6 Å². The quantitative estimate of drug-likeness (QED) is 0.575. The molecule has 5 rings (SSSR count). The van der Waals surface area contributed by atoms with Crippen LogP contribution in [0, 0.1) is 6.92 Å². The summed E-state index contributed by atoms with van der Waals surface area (Å²) in [5.74, 6) is 0.820. The minimum atomic E-state index is -0.0398. The van der Waals surface area contributed by atoms with Crippen molar-refractivity contribution in [2.75, 3.05) is 6.54 Å². The van der Waals surface area contributed by atoms with E-state index in [1.807, 2.05) is 47.0 Å². The van der Waals surface area contributed by atoms with Crippen LogP contribution in [-0.4, -0.2) is 42.1 Å². The molecule has 1 aromatic carbocycles. The zero-order valence-corrected chi connectivity index (χ0v) is 15.9. The van der Waals surface area contributed by atoms with Crippen LogP contribution >= 0.6 is 0 Å². The Bertz CT molecular complexity index is 1170. The van der Waals surface area contributed by atoms with Gasteiger partial charge in [0.15, 0.2) is 0 Å². The van der Waals surface area contributed by atoms with Crippen LogP contribution in [0.2, 0.25) is 0 Å². The molecule has 1 fully saturated rings. The summed E-state index contributed by atoms with van der Waals surface area (Å²) in [7, 11) is 1.96. The second kappa shape index (κ2) is 6.37. The van der Waals surface area contributed by atoms with Gasteiger partial charge in [-0.2, -0.15) is 5.10 Å². The fraction of sp³-hybridized carbons (Fsp3) is 0.286. The van der Waals surface area contributed by atoms with Crippen molar-refractivity contribution in [3.05, 3.63) is 59.7 Å². The number of imidazole rings is 1. The Hall–Kier alpha value is -3.35. The Kier molecular flexibility index (Phi) is 3.82. The standard InChI is InChI=1S/C21H22N6O/c1-13-7-8-14-15(11-13)23-20(22-14)19-6-4-10-27(19)21(28)17-12-16(24-25-17)18-5-3-9-26(18)2/h3,5,7-9,11-12,19H,4,6,10H2,1-2H3,(H,22,23)(H,24,25)/t19-/m1/s1. The van der Waals surface area contributed by atoms with E-state index in [1.54, 1.807) is 0 Å². The van der Waals surface area contributed by atoms with E-state index in [1.165, 1.54) is 5.56 Å². The molecular weight excluding hydrogens is 352 g/mol. The molecule has 4 heterocycles. The number of nitrogens with one attached hydrogen (secondary N) is 2. The lowest BCUT2D eigenvalue weighted by Gasteiger charge is -2.22. The molecule has 28 heavy (non-hydrogen) atoms. The van der Waals surface area contributed by atoms with E-state index in [-0.39, 0.29) is 11.9 Å². The molecule has 1 saturated heterocycles. The number of amides is 1. The molecule has 3 aromatic heterocycles. The average molecular weight is 374 g/mol. The number of rotatable bonds is 3. The number of hydrogen-bond donors (Lipinski definition) is 2. The molecule has 0 bridgehead atoms. The zero-order valence-electron chi connectivity index (χ0n) is 15.9. The summed E-state index contributed by atoms with van der Waals surface area (Å²) in [6.45, 7) is 2.78. The van der Waals surface area contributed by atoms with Crippen molar-refractivity contribution in [1.29, 1.82) is 0 Å². The fourth-order valence-corrected chi connectivity index (χ4v) is 4.04. The third kappa shape index (κ3) is 2.70. The topological polar surface area (TPSA) is 82.6 Å². The number of H-pyrrole nitrogens is 2. The summed E-state index contributed by atoms with van der Waals surface area (Å²) in [5.41, 5.74) is 5.39. The molecule has 1 amide bonds. The first kappa shape index (κ1) is 16.8. The van der Waals surface area contributed by atoms with Crippen molar-refractivity contribution in [3.63, 3.8) is 0 Å². The van der Waals surface area contributed by atoms with Gasteiger partial charge in [0, 0.05) is 19.8 Å². The molecule has 0 aliphatic carbocycles. The number of fused-ring (bicyclic) bond motifs is 1. The van der Waals surface area contributed by atoms with Gasteiger partial charge in [-0.25, -0.2) is 4.98 Å². The van der Waals surface area contributed by atoms with E-state index < -0.39 is 0 Å². The summed E-state index contributed by atoms with van der Waals surface area (Å²) in [4.78, 5) is 23.2. The van der Waals surface area contributed by atoms with Crippen LogP contribution in [0.25, 0.3) is 22.4 Å². The Balaban J connectivity index is 1.44. The van der Waals surface area contributed by atoms with Crippen molar-refractivity contribution < 1.29 is 4.79 Å². The maximum absolute atomic E-state index is 13.2. The Morgan fingerprint density at radius 1 is 1.25 bits per heavy atom. The highest BCUT2D eigenvalue weighted by atomic mass is 16.2. The van der Waals surface area contributed by atoms with Crippen molar-refractivity contribution in [2.24, 2.45) is 7.05 Å². The minimum absolute atomic E-state index is 0.0351. The third-order valence-corrected chi connectivity index (χ3v) is 5.50. The highest BCUT2D eigenvalue weighted by Gasteiger charge is 2.33. The number of aromatic nitrogens is 5. The highest BCUT2D eigenvalue weighted by molar-refractivity contribution is 5.93. The molecule has 1 atom stereocenters. The molecule has 2 N–H and O–H groups in total. The molecule has 142 valence electrons. The molecule has 1 aliphatic rings. The average Bonchev–Trinajstić information content (AvgIpc) is 3.45. The summed E-state index contributed by atoms with van der Waals surface area (Å²) in [6.07, 6.45) is 3.83. The molecule has 7 heteroatoms. The number of benzene rings is 1. The van der Waals surface area contributed by atoms with Gasteiger partial charge in [0.25, 0.3) is 5.91 Å². The Labute approximate surface area is 162 Å². The first-order valence-electron chi connectivity index (χ1n) is 9.54. The highest BCUT2D eigenvalue weighted by Crippen LogP contribution is 2.33. The van der Waals surface area contributed by atoms with Crippen LogP contribution in [0.3, 0.4) is 0 Å². The van der Waals surface area contributed by atoms with Crippen molar-refractivity contribution >= 4 is 16.9 Å². The first-order chi connectivity index (χ1) is 13.6. The molecule has 0 radical (unpaired) electrons. The molecule has 0 saturated carbocycles. The number of hydrogen-bond acceptors (Lipinski definition) is 3. The van der Waals surface area contributed by atoms with Gasteiger partial charge < -0.3 is 14.5 Å². The molecule has 4 aromatic rings. The summed E-state index contributed by atoms with van der Waals surface area (Å²) >= 11 is 0. The molecule has 0 unspecified atom stereocenters. The van der Waals surface area contributed by atoms with Crippen LogP contribution in [0.15, 0.2) is 42.6 Å². The fourth-order valence-electron chi connectivity index (χ4n) is 4.04. The van der Waals surface area contributed by atoms with E-state index in [4.69, 9.17) is 4.98 Å². The number of aryl methyl sites for hydroxylation is 2. The van der Waals surface area contributed by atoms with E-state index in [0.717, 1.165) is 47.6 Å². The summed E-state index contributed by atoms with van der Waals surface area (Å²) in [5, 5.41) is 7.26. The lowest BCUT2D eigenvalue weighted by atomic mass is 10.2. The first-order valence-corrected chi connectivity index (χ1v) is 9.54. The predicted octanol–water partition coefficient (Wildman–Crippen LogP) is 3.58. The van der Waals surface area contributed by atoms with E-state index in [9.17, 15) is 4.79 Å². The van der Waals surface area contributed by atoms with E-state index in [0.29, 0.717) is 5.69 Å². The van der Waals surface area contributed by atoms with Gasteiger partial charge in [0.2, 0.25) is 0 Å². The van der Waals surface area contributed by atoms with Gasteiger partial charge in [-0.05, 0) is 55.7 Å². The van der Waals surface area contributed by atoms with Crippen LogP contribution in [0.5, 0.6) is 0 Å². The molecule has 0 spiro atoms. The lowest BCUT2D eigenvalue weighted by molar-refractivity contribution is 0.0724. The third-order valence-electron chi connectivity index (χ3n) is 5.50. The van der Waals surface area contributed by atoms with Crippen molar-refractivity contribution in [2.45, 2.75) is 25.8 Å². The molecule has 7 nitrogen and oxygen atoms in total. The number of nitrogens with zero attached hydrogens (tertiary/aromatic N) is 4. The van der Waals surface area contributed by atoms with Gasteiger partial charge >= 0.3 is 0 Å². The predicted molar refractivity (Wildman–Crippen MR) is 107 cm³/mol. The van der Waals surface area contributed by atoms with Crippen LogP contribution in [0.4, 0.5) is 0 Å². The van der Waals surface area contributed by atoms with Gasteiger partial charge in [-0.15, -0.1) is 0 Å². The normalized spacial score (nSPS) is 16.9. The Morgan fingerprint density at radius 3 is 2.96 bits per heavy atom. The summed E-state index contributed by atoms with van der Waals surface area (Å²) in [6, 6.07) is 11.9. The Morgan fingerprint density at radius 2 is 2.14 bits per heavy atom. The second-order valence-corrected chi connectivity index (χ2v) is 7.47. The molecule has 1 aliphatic heterocycles.